The van der Waals surface area contributed by atoms with Crippen LogP contribution in [0.5, 0.6) is 0 Å². The van der Waals surface area contributed by atoms with Crippen molar-refractivity contribution in [2.45, 2.75) is 26.1 Å². The third kappa shape index (κ3) is 4.07. The molecule has 26 heavy (non-hydrogen) atoms. The van der Waals surface area contributed by atoms with E-state index >= 15 is 0 Å². The van der Waals surface area contributed by atoms with E-state index in [1.54, 1.807) is 0 Å². The van der Waals surface area contributed by atoms with E-state index in [9.17, 15) is 18.0 Å². The lowest BCUT2D eigenvalue weighted by Crippen LogP contribution is -2.29. The summed E-state index contributed by atoms with van der Waals surface area (Å²) in [4.78, 5) is 12.2. The van der Waals surface area contributed by atoms with Gasteiger partial charge in [-0.15, -0.1) is 0 Å². The smallest absolute Gasteiger partial charge is 0.354 e. The second-order valence-corrected chi connectivity index (χ2v) is 6.23. The van der Waals surface area contributed by atoms with E-state index in [2.05, 4.69) is 5.32 Å². The van der Waals surface area contributed by atoms with Gasteiger partial charge in [-0.05, 0) is 48.6 Å². The minimum absolute atomic E-state index is 0.124. The fourth-order valence-electron chi connectivity index (χ4n) is 2.96. The number of alkyl halides is 3. The maximum Gasteiger partial charge on any atom is 0.416 e. The Labute approximate surface area is 149 Å². The van der Waals surface area contributed by atoms with Crippen LogP contribution in [0, 0.1) is 6.92 Å². The first-order chi connectivity index (χ1) is 12.3. The molecule has 2 aromatic carbocycles. The number of para-hydroxylation sites is 1. The highest BCUT2D eigenvalue weighted by Crippen LogP contribution is 2.29. The molecule has 0 aliphatic heterocycles. The van der Waals surface area contributed by atoms with Gasteiger partial charge in [-0.25, -0.2) is 0 Å². The van der Waals surface area contributed by atoms with Crippen molar-refractivity contribution in [2.24, 2.45) is 0 Å². The largest absolute Gasteiger partial charge is 0.416 e. The summed E-state index contributed by atoms with van der Waals surface area (Å²) < 4.78 is 39.6. The Morgan fingerprint density at radius 1 is 1.08 bits per heavy atom. The Morgan fingerprint density at radius 3 is 2.46 bits per heavy atom. The normalized spacial score (nSPS) is 11.7. The van der Waals surface area contributed by atoms with E-state index in [1.807, 2.05) is 41.8 Å². The van der Waals surface area contributed by atoms with Gasteiger partial charge in [0.25, 0.3) is 0 Å². The molecule has 0 saturated carbocycles. The molecule has 0 aliphatic rings. The Balaban J connectivity index is 1.55. The number of carbonyl (C=O) groups is 1. The minimum Gasteiger partial charge on any atom is -0.354 e. The molecule has 0 bridgehead atoms. The van der Waals surface area contributed by atoms with E-state index in [4.69, 9.17) is 0 Å². The average molecular weight is 360 g/mol. The molecule has 1 heterocycles. The molecule has 1 amide bonds. The molecule has 0 radical (unpaired) electrons. The van der Waals surface area contributed by atoms with E-state index in [0.717, 1.165) is 34.3 Å². The molecule has 1 N–H and O–H groups in total. The van der Waals surface area contributed by atoms with Crippen LogP contribution < -0.4 is 5.32 Å². The van der Waals surface area contributed by atoms with Crippen LogP contribution in [0.15, 0.2) is 54.6 Å². The SMILES string of the molecule is Cc1cc2ccccc2n1CC(=O)NCCc1ccc(C(F)(F)F)cc1. The number of hydrogen-bond acceptors (Lipinski definition) is 1. The van der Waals surface area contributed by atoms with E-state index in [-0.39, 0.29) is 12.5 Å². The lowest BCUT2D eigenvalue weighted by Gasteiger charge is -2.10. The van der Waals surface area contributed by atoms with Crippen molar-refractivity contribution in [2.75, 3.05) is 6.54 Å². The van der Waals surface area contributed by atoms with Crippen molar-refractivity contribution in [1.29, 1.82) is 0 Å². The molecular weight excluding hydrogens is 341 g/mol. The van der Waals surface area contributed by atoms with Gasteiger partial charge < -0.3 is 9.88 Å². The van der Waals surface area contributed by atoms with Crippen molar-refractivity contribution in [3.8, 4) is 0 Å². The number of benzene rings is 2. The summed E-state index contributed by atoms with van der Waals surface area (Å²) in [5.74, 6) is -0.124. The highest BCUT2D eigenvalue weighted by Gasteiger charge is 2.29. The molecule has 0 atom stereocenters. The fourth-order valence-corrected chi connectivity index (χ4v) is 2.96. The number of aromatic nitrogens is 1. The van der Waals surface area contributed by atoms with Crippen LogP contribution in [0.1, 0.15) is 16.8 Å². The second-order valence-electron chi connectivity index (χ2n) is 6.23. The third-order valence-corrected chi connectivity index (χ3v) is 4.34. The summed E-state index contributed by atoms with van der Waals surface area (Å²) in [5, 5.41) is 3.91. The maximum absolute atomic E-state index is 12.5. The molecule has 6 heteroatoms. The quantitative estimate of drug-likeness (QED) is 0.722. The monoisotopic (exact) mass is 360 g/mol. The maximum atomic E-state index is 12.5. The number of fused-ring (bicyclic) bond motifs is 1. The average Bonchev–Trinajstić information content (AvgIpc) is 2.90. The van der Waals surface area contributed by atoms with Gasteiger partial charge in [0.2, 0.25) is 5.91 Å². The van der Waals surface area contributed by atoms with Gasteiger partial charge in [0, 0.05) is 17.8 Å². The van der Waals surface area contributed by atoms with Gasteiger partial charge in [-0.2, -0.15) is 13.2 Å². The van der Waals surface area contributed by atoms with Crippen molar-refractivity contribution in [3.05, 3.63) is 71.4 Å². The van der Waals surface area contributed by atoms with Gasteiger partial charge >= 0.3 is 6.18 Å². The van der Waals surface area contributed by atoms with Crippen LogP contribution in [0.25, 0.3) is 10.9 Å². The van der Waals surface area contributed by atoms with Gasteiger partial charge in [-0.3, -0.25) is 4.79 Å². The summed E-state index contributed by atoms with van der Waals surface area (Å²) in [6, 6.07) is 14.9. The summed E-state index contributed by atoms with van der Waals surface area (Å²) in [6.07, 6.45) is -3.85. The number of rotatable bonds is 5. The van der Waals surface area contributed by atoms with Crippen LogP contribution in [0.2, 0.25) is 0 Å². The van der Waals surface area contributed by atoms with Gasteiger partial charge in [-0.1, -0.05) is 30.3 Å². The standard InChI is InChI=1S/C20H19F3N2O/c1-14-12-16-4-2-3-5-18(16)25(14)13-19(26)24-11-10-15-6-8-17(9-7-15)20(21,22)23/h2-9,12H,10-11,13H2,1H3,(H,24,26). The van der Waals surface area contributed by atoms with Crippen molar-refractivity contribution in [1.82, 2.24) is 9.88 Å². The van der Waals surface area contributed by atoms with E-state index in [1.165, 1.54) is 12.1 Å². The van der Waals surface area contributed by atoms with Gasteiger partial charge in [0.15, 0.2) is 0 Å². The number of carbonyl (C=O) groups excluding carboxylic acids is 1. The van der Waals surface area contributed by atoms with Crippen molar-refractivity contribution < 1.29 is 18.0 Å². The van der Waals surface area contributed by atoms with Gasteiger partial charge in [0.05, 0.1) is 5.56 Å². The van der Waals surface area contributed by atoms with E-state index in [0.29, 0.717) is 13.0 Å². The predicted octanol–water partition coefficient (Wildman–Crippen LogP) is 4.33. The molecule has 0 fully saturated rings. The van der Waals surface area contributed by atoms with E-state index < -0.39 is 11.7 Å². The zero-order valence-electron chi connectivity index (χ0n) is 14.3. The number of nitrogens with one attached hydrogen (secondary N) is 1. The first-order valence-electron chi connectivity index (χ1n) is 8.32. The predicted molar refractivity (Wildman–Crippen MR) is 94.8 cm³/mol. The summed E-state index contributed by atoms with van der Waals surface area (Å²) >= 11 is 0. The van der Waals surface area contributed by atoms with Crippen LogP contribution in [0.3, 0.4) is 0 Å². The molecular formula is C20H19F3N2O. The highest BCUT2D eigenvalue weighted by molar-refractivity contribution is 5.84. The molecule has 0 aliphatic carbocycles. The van der Waals surface area contributed by atoms with Gasteiger partial charge in [0.1, 0.15) is 6.54 Å². The Hall–Kier alpha value is -2.76. The number of hydrogen-bond donors (Lipinski definition) is 1. The molecule has 3 aromatic rings. The minimum atomic E-state index is -4.33. The second kappa shape index (κ2) is 7.23. The number of halogens is 3. The van der Waals surface area contributed by atoms with Crippen LogP contribution >= 0.6 is 0 Å². The molecule has 3 nitrogen and oxygen atoms in total. The topological polar surface area (TPSA) is 34.0 Å². The number of nitrogens with zero attached hydrogens (tertiary/aromatic N) is 1. The summed E-state index contributed by atoms with van der Waals surface area (Å²) in [7, 11) is 0. The lowest BCUT2D eigenvalue weighted by atomic mass is 10.1. The summed E-state index contributed by atoms with van der Waals surface area (Å²) in [6.45, 7) is 2.55. The number of aryl methyl sites for hydroxylation is 1. The van der Waals surface area contributed by atoms with Crippen molar-refractivity contribution >= 4 is 16.8 Å². The number of amides is 1. The Bertz CT molecular complexity index is 911. The molecule has 136 valence electrons. The van der Waals surface area contributed by atoms with Crippen LogP contribution in [0.4, 0.5) is 13.2 Å². The molecule has 0 unspecified atom stereocenters. The fraction of sp³-hybridized carbons (Fsp3) is 0.250. The Kier molecular flexibility index (Phi) is 5.02. The first-order valence-corrected chi connectivity index (χ1v) is 8.32. The molecule has 0 spiro atoms. The summed E-state index contributed by atoms with van der Waals surface area (Å²) in [5.41, 5.74) is 2.09. The molecule has 3 rings (SSSR count). The molecule has 1 aromatic heterocycles. The van der Waals surface area contributed by atoms with Crippen LogP contribution in [-0.4, -0.2) is 17.0 Å². The third-order valence-electron chi connectivity index (χ3n) is 4.34. The first kappa shape index (κ1) is 18.0. The zero-order valence-corrected chi connectivity index (χ0v) is 14.3. The van der Waals surface area contributed by atoms with Crippen molar-refractivity contribution in [3.63, 3.8) is 0 Å². The zero-order chi connectivity index (χ0) is 18.7. The molecule has 0 saturated heterocycles. The lowest BCUT2D eigenvalue weighted by molar-refractivity contribution is -0.137. The highest BCUT2D eigenvalue weighted by atomic mass is 19.4. The van der Waals surface area contributed by atoms with Crippen LogP contribution in [-0.2, 0) is 23.9 Å². The Morgan fingerprint density at radius 2 is 1.77 bits per heavy atom.